The molecule has 0 unspecified atom stereocenters. The molecule has 13 heavy (non-hydrogen) atoms. The van der Waals surface area contributed by atoms with Crippen molar-refractivity contribution in [2.24, 2.45) is 0 Å². The van der Waals surface area contributed by atoms with Gasteiger partial charge in [0.25, 0.3) is 6.47 Å². The third-order valence-corrected chi connectivity index (χ3v) is 1.43. The van der Waals surface area contributed by atoms with E-state index in [0.717, 1.165) is 11.3 Å². The Balaban J connectivity index is 4.21. The minimum Gasteiger partial charge on any atom is -0.501 e. The number of hydrogen-bond donors (Lipinski definition) is 0. The van der Waals surface area contributed by atoms with Crippen LogP contribution in [-0.4, -0.2) is 20.2 Å². The predicted molar refractivity (Wildman–Crippen MR) is 51.1 cm³/mol. The van der Waals surface area contributed by atoms with Gasteiger partial charge in [-0.05, 0) is 18.6 Å². The number of carbonyl (C=O) groups is 1. The van der Waals surface area contributed by atoms with Gasteiger partial charge in [0, 0.05) is 0 Å². The maximum Gasteiger partial charge on any atom is 0.293 e. The molecule has 0 atom stereocenters. The fraction of sp³-hybridized carbons (Fsp3) is 0.300. The average Bonchev–Trinajstić information content (AvgIpc) is 2.17. The van der Waals surface area contributed by atoms with Crippen molar-refractivity contribution in [1.82, 2.24) is 0 Å². The summed E-state index contributed by atoms with van der Waals surface area (Å²) in [4.78, 5) is 9.90. The second-order valence-electron chi connectivity index (χ2n) is 2.33. The number of ether oxygens (including phenoxy) is 2. The third kappa shape index (κ3) is 5.73. The first-order valence-electron chi connectivity index (χ1n) is 3.83. The van der Waals surface area contributed by atoms with Crippen molar-refractivity contribution in [3.8, 4) is 0 Å². The molecular formula is C10H14O3. The van der Waals surface area contributed by atoms with Gasteiger partial charge < -0.3 is 9.47 Å². The third-order valence-electron chi connectivity index (χ3n) is 1.43. The van der Waals surface area contributed by atoms with Gasteiger partial charge >= 0.3 is 0 Å². The molecule has 0 spiro atoms. The lowest BCUT2D eigenvalue weighted by molar-refractivity contribution is -0.127. The van der Waals surface area contributed by atoms with Crippen LogP contribution in [0.4, 0.5) is 0 Å². The van der Waals surface area contributed by atoms with Crippen molar-refractivity contribution >= 4 is 6.47 Å². The molecule has 0 radical (unpaired) electrons. The van der Waals surface area contributed by atoms with Gasteiger partial charge in [-0.3, -0.25) is 4.79 Å². The molecule has 0 aliphatic heterocycles. The summed E-state index contributed by atoms with van der Waals surface area (Å²) in [7, 11) is 1.59. The molecule has 3 heteroatoms. The lowest BCUT2D eigenvalue weighted by Gasteiger charge is -1.99. The Morgan fingerprint density at radius 3 is 2.62 bits per heavy atom. The number of carbonyl (C=O) groups excluding carboxylic acids is 1. The minimum atomic E-state index is 0.237. The van der Waals surface area contributed by atoms with Crippen molar-refractivity contribution in [3.63, 3.8) is 0 Å². The highest BCUT2D eigenvalue weighted by Crippen LogP contribution is 2.00. The van der Waals surface area contributed by atoms with Gasteiger partial charge in [-0.25, -0.2) is 0 Å². The quantitative estimate of drug-likeness (QED) is 0.357. The Kier molecular flexibility index (Phi) is 6.32. The second-order valence-corrected chi connectivity index (χ2v) is 2.33. The van der Waals surface area contributed by atoms with Crippen molar-refractivity contribution < 1.29 is 14.3 Å². The largest absolute Gasteiger partial charge is 0.501 e. The van der Waals surface area contributed by atoms with Crippen LogP contribution in [0.15, 0.2) is 36.1 Å². The van der Waals surface area contributed by atoms with Crippen LogP contribution in [-0.2, 0) is 14.3 Å². The average molecular weight is 182 g/mol. The fourth-order valence-corrected chi connectivity index (χ4v) is 0.598. The normalized spacial score (nSPS) is 12.2. The molecule has 0 saturated carbocycles. The lowest BCUT2D eigenvalue weighted by Crippen LogP contribution is -1.93. The summed E-state index contributed by atoms with van der Waals surface area (Å²) in [5, 5.41) is 0. The van der Waals surface area contributed by atoms with Crippen molar-refractivity contribution in [3.05, 3.63) is 36.1 Å². The van der Waals surface area contributed by atoms with Crippen molar-refractivity contribution in [2.75, 3.05) is 13.7 Å². The number of allylic oxidation sites excluding steroid dienone is 3. The van der Waals surface area contributed by atoms with Crippen LogP contribution in [0.5, 0.6) is 0 Å². The van der Waals surface area contributed by atoms with Gasteiger partial charge in [-0.2, -0.15) is 0 Å². The first kappa shape index (κ1) is 11.5. The Hall–Kier alpha value is -1.51. The van der Waals surface area contributed by atoms with E-state index in [9.17, 15) is 4.79 Å². The molecule has 0 aliphatic carbocycles. The van der Waals surface area contributed by atoms with Gasteiger partial charge in [0.1, 0.15) is 6.61 Å². The summed E-state index contributed by atoms with van der Waals surface area (Å²) < 4.78 is 9.48. The van der Waals surface area contributed by atoms with E-state index in [-0.39, 0.29) is 6.61 Å². The number of hydrogen-bond acceptors (Lipinski definition) is 3. The zero-order chi connectivity index (χ0) is 10.1. The number of rotatable bonds is 6. The van der Waals surface area contributed by atoms with Crippen LogP contribution >= 0.6 is 0 Å². The topological polar surface area (TPSA) is 35.5 Å². The lowest BCUT2D eigenvalue weighted by atomic mass is 10.2. The molecule has 3 nitrogen and oxygen atoms in total. The summed E-state index contributed by atoms with van der Waals surface area (Å²) >= 11 is 0. The Morgan fingerprint density at radius 1 is 1.46 bits per heavy atom. The van der Waals surface area contributed by atoms with E-state index < -0.39 is 0 Å². The van der Waals surface area contributed by atoms with E-state index in [2.05, 4.69) is 11.3 Å². The van der Waals surface area contributed by atoms with Crippen LogP contribution in [0.25, 0.3) is 0 Å². The Bertz CT molecular complexity index is 226. The zero-order valence-electron chi connectivity index (χ0n) is 7.95. The van der Waals surface area contributed by atoms with Crippen LogP contribution in [0.1, 0.15) is 6.92 Å². The highest BCUT2D eigenvalue weighted by atomic mass is 16.5. The molecule has 0 saturated heterocycles. The Labute approximate surface area is 78.3 Å². The highest BCUT2D eigenvalue weighted by molar-refractivity contribution is 5.38. The predicted octanol–water partition coefficient (Wildman–Crippen LogP) is 1.82. The summed E-state index contributed by atoms with van der Waals surface area (Å²) in [5.74, 6) is 0.783. The number of methoxy groups -OCH3 is 1. The summed E-state index contributed by atoms with van der Waals surface area (Å²) in [6.45, 7) is 6.06. The molecule has 0 amide bonds. The van der Waals surface area contributed by atoms with E-state index in [1.165, 1.54) is 0 Å². The molecule has 72 valence electrons. The van der Waals surface area contributed by atoms with Gasteiger partial charge in [0.2, 0.25) is 0 Å². The molecular weight excluding hydrogens is 168 g/mol. The van der Waals surface area contributed by atoms with Gasteiger partial charge in [-0.1, -0.05) is 18.7 Å². The van der Waals surface area contributed by atoms with Gasteiger partial charge in [0.05, 0.1) is 12.9 Å². The fourth-order valence-electron chi connectivity index (χ4n) is 0.598. The van der Waals surface area contributed by atoms with E-state index in [0.29, 0.717) is 6.47 Å². The maximum atomic E-state index is 9.90. The van der Waals surface area contributed by atoms with E-state index in [1.807, 2.05) is 6.92 Å². The Morgan fingerprint density at radius 2 is 2.15 bits per heavy atom. The summed E-state index contributed by atoms with van der Waals surface area (Å²) in [6, 6.07) is 0. The second kappa shape index (κ2) is 7.16. The van der Waals surface area contributed by atoms with E-state index >= 15 is 0 Å². The molecule has 0 aromatic rings. The maximum absolute atomic E-state index is 9.90. The molecule has 0 bridgehead atoms. The summed E-state index contributed by atoms with van der Waals surface area (Å²) in [6.07, 6.45) is 5.20. The van der Waals surface area contributed by atoms with Crippen LogP contribution in [0, 0.1) is 0 Å². The van der Waals surface area contributed by atoms with E-state index in [4.69, 9.17) is 4.74 Å². The molecule has 0 heterocycles. The first-order valence-corrected chi connectivity index (χ1v) is 3.83. The van der Waals surface area contributed by atoms with Crippen LogP contribution < -0.4 is 0 Å². The monoisotopic (exact) mass is 182 g/mol. The molecule has 0 aromatic heterocycles. The molecule has 0 N–H and O–H groups in total. The van der Waals surface area contributed by atoms with Crippen LogP contribution in [0.2, 0.25) is 0 Å². The molecule has 0 aromatic carbocycles. The zero-order valence-corrected chi connectivity index (χ0v) is 7.95. The molecule has 0 aliphatic rings. The molecule has 0 fully saturated rings. The SMILES string of the molecule is C=C/C(=C\C=C(/C)OC)COC=O. The van der Waals surface area contributed by atoms with Crippen molar-refractivity contribution in [2.45, 2.75) is 6.92 Å². The minimum absolute atomic E-state index is 0.237. The van der Waals surface area contributed by atoms with Crippen LogP contribution in [0.3, 0.4) is 0 Å². The summed E-state index contributed by atoms with van der Waals surface area (Å²) in [5.41, 5.74) is 0.823. The highest BCUT2D eigenvalue weighted by Gasteiger charge is 1.90. The first-order chi connectivity index (χ1) is 6.24. The van der Waals surface area contributed by atoms with Gasteiger partial charge in [-0.15, -0.1) is 0 Å². The van der Waals surface area contributed by atoms with Gasteiger partial charge in [0.15, 0.2) is 0 Å². The standard InChI is InChI=1S/C10H14O3/c1-4-10(7-13-8-11)6-5-9(2)12-3/h4-6,8H,1,7H2,2-3H3/b9-5+,10-6+. The molecule has 0 rings (SSSR count). The van der Waals surface area contributed by atoms with Crippen molar-refractivity contribution in [1.29, 1.82) is 0 Å². The smallest absolute Gasteiger partial charge is 0.293 e. The van der Waals surface area contributed by atoms with E-state index in [1.54, 1.807) is 25.3 Å².